The largest absolute Gasteiger partial charge is 0.425 e. The summed E-state index contributed by atoms with van der Waals surface area (Å²) in [5.74, 6) is -0.797. The predicted molar refractivity (Wildman–Crippen MR) is 78.2 cm³/mol. The predicted octanol–water partition coefficient (Wildman–Crippen LogP) is 1.18. The molecule has 1 atom stereocenters. The standard InChI is InChI=1S/C16H15N3O4/c1-16(11-5-6-11)14(21)19(15(22)18-16)9-13(20)23-12-4-2-3-10(7-12)8-17/h2-4,7,11H,5-6,9H2,1H3,(H,18,22). The molecule has 1 saturated carbocycles. The fourth-order valence-corrected chi connectivity index (χ4v) is 2.72. The molecule has 1 aliphatic carbocycles. The van der Waals surface area contributed by atoms with Crippen molar-refractivity contribution in [2.24, 2.45) is 5.92 Å². The van der Waals surface area contributed by atoms with Crippen LogP contribution in [0.1, 0.15) is 25.3 Å². The number of hydrogen-bond donors (Lipinski definition) is 1. The molecule has 2 aliphatic rings. The smallest absolute Gasteiger partial charge is 0.331 e. The van der Waals surface area contributed by atoms with Crippen molar-refractivity contribution in [2.75, 3.05) is 6.54 Å². The Hall–Kier alpha value is -2.88. The van der Waals surface area contributed by atoms with Gasteiger partial charge in [0.1, 0.15) is 17.8 Å². The molecule has 1 unspecified atom stereocenters. The third-order valence-electron chi connectivity index (χ3n) is 4.18. The summed E-state index contributed by atoms with van der Waals surface area (Å²) in [6, 6.07) is 7.46. The van der Waals surface area contributed by atoms with Gasteiger partial charge in [-0.15, -0.1) is 0 Å². The first-order valence-electron chi connectivity index (χ1n) is 7.29. The molecular formula is C16H15N3O4. The Kier molecular flexibility index (Phi) is 3.52. The molecule has 1 aliphatic heterocycles. The number of nitriles is 1. The Balaban J connectivity index is 1.67. The van der Waals surface area contributed by atoms with Crippen molar-refractivity contribution in [1.29, 1.82) is 5.26 Å². The quantitative estimate of drug-likeness (QED) is 0.511. The number of imide groups is 1. The van der Waals surface area contributed by atoms with Crippen molar-refractivity contribution >= 4 is 17.9 Å². The highest BCUT2D eigenvalue weighted by atomic mass is 16.5. The molecule has 1 N–H and O–H groups in total. The first-order valence-corrected chi connectivity index (χ1v) is 7.29. The highest BCUT2D eigenvalue weighted by Crippen LogP contribution is 2.42. The van der Waals surface area contributed by atoms with Crippen LogP contribution in [-0.4, -0.2) is 34.9 Å². The number of carbonyl (C=O) groups is 3. The van der Waals surface area contributed by atoms with Crippen LogP contribution in [0.3, 0.4) is 0 Å². The molecule has 0 radical (unpaired) electrons. The van der Waals surface area contributed by atoms with E-state index in [1.165, 1.54) is 12.1 Å². The van der Waals surface area contributed by atoms with E-state index in [1.54, 1.807) is 19.1 Å². The second-order valence-corrected chi connectivity index (χ2v) is 5.91. The van der Waals surface area contributed by atoms with Crippen LogP contribution in [-0.2, 0) is 9.59 Å². The van der Waals surface area contributed by atoms with Crippen molar-refractivity contribution in [3.63, 3.8) is 0 Å². The first-order chi connectivity index (χ1) is 10.9. The average molecular weight is 313 g/mol. The van der Waals surface area contributed by atoms with Crippen LogP contribution < -0.4 is 10.1 Å². The minimum atomic E-state index is -0.919. The summed E-state index contributed by atoms with van der Waals surface area (Å²) in [6.45, 7) is 1.23. The molecule has 0 aromatic heterocycles. The van der Waals surface area contributed by atoms with Crippen LogP contribution in [0.4, 0.5) is 4.79 Å². The second-order valence-electron chi connectivity index (χ2n) is 5.91. The van der Waals surface area contributed by atoms with Crippen LogP contribution >= 0.6 is 0 Å². The molecule has 1 aromatic rings. The van der Waals surface area contributed by atoms with Crippen LogP contribution in [0, 0.1) is 17.2 Å². The maximum atomic E-state index is 12.4. The topological polar surface area (TPSA) is 99.5 Å². The molecule has 1 saturated heterocycles. The van der Waals surface area contributed by atoms with Gasteiger partial charge >= 0.3 is 12.0 Å². The summed E-state index contributed by atoms with van der Waals surface area (Å²) in [4.78, 5) is 37.2. The third-order valence-corrected chi connectivity index (χ3v) is 4.18. The number of carbonyl (C=O) groups excluding carboxylic acids is 3. The number of amides is 3. The zero-order valence-corrected chi connectivity index (χ0v) is 12.5. The van der Waals surface area contributed by atoms with E-state index in [-0.39, 0.29) is 11.7 Å². The van der Waals surface area contributed by atoms with Crippen LogP contribution in [0.5, 0.6) is 5.75 Å². The van der Waals surface area contributed by atoms with Crippen molar-refractivity contribution in [2.45, 2.75) is 25.3 Å². The van der Waals surface area contributed by atoms with Gasteiger partial charge in [-0.05, 0) is 43.9 Å². The molecule has 1 heterocycles. The van der Waals surface area contributed by atoms with Crippen molar-refractivity contribution in [1.82, 2.24) is 10.2 Å². The van der Waals surface area contributed by atoms with E-state index < -0.39 is 30.0 Å². The monoisotopic (exact) mass is 313 g/mol. The number of nitrogens with zero attached hydrogens (tertiary/aromatic N) is 2. The number of urea groups is 1. The summed E-state index contributed by atoms with van der Waals surface area (Å²) >= 11 is 0. The summed E-state index contributed by atoms with van der Waals surface area (Å²) in [5.41, 5.74) is -0.565. The Morgan fingerprint density at radius 3 is 2.87 bits per heavy atom. The van der Waals surface area contributed by atoms with Gasteiger partial charge in [-0.3, -0.25) is 9.69 Å². The lowest BCUT2D eigenvalue weighted by molar-refractivity contribution is -0.141. The molecule has 2 fully saturated rings. The average Bonchev–Trinajstić information content (AvgIpc) is 3.34. The van der Waals surface area contributed by atoms with E-state index in [0.29, 0.717) is 5.56 Å². The Morgan fingerprint density at radius 1 is 1.48 bits per heavy atom. The third kappa shape index (κ3) is 2.75. The molecule has 0 bridgehead atoms. The van der Waals surface area contributed by atoms with Crippen LogP contribution in [0.2, 0.25) is 0 Å². The fraction of sp³-hybridized carbons (Fsp3) is 0.375. The lowest BCUT2D eigenvalue weighted by Crippen LogP contribution is -2.46. The van der Waals surface area contributed by atoms with E-state index >= 15 is 0 Å². The zero-order chi connectivity index (χ0) is 16.6. The van der Waals surface area contributed by atoms with Gasteiger partial charge in [0.05, 0.1) is 11.6 Å². The first kappa shape index (κ1) is 15.0. The number of ether oxygens (including phenoxy) is 1. The maximum absolute atomic E-state index is 12.4. The molecule has 23 heavy (non-hydrogen) atoms. The van der Waals surface area contributed by atoms with Gasteiger partial charge in [0, 0.05) is 0 Å². The maximum Gasteiger partial charge on any atom is 0.331 e. The van der Waals surface area contributed by atoms with Crippen molar-refractivity contribution in [3.05, 3.63) is 29.8 Å². The van der Waals surface area contributed by atoms with Gasteiger partial charge in [0.2, 0.25) is 0 Å². The van der Waals surface area contributed by atoms with E-state index in [9.17, 15) is 14.4 Å². The molecule has 7 nitrogen and oxygen atoms in total. The fourth-order valence-electron chi connectivity index (χ4n) is 2.72. The van der Waals surface area contributed by atoms with Gasteiger partial charge in [0.15, 0.2) is 0 Å². The molecule has 118 valence electrons. The number of esters is 1. The van der Waals surface area contributed by atoms with Gasteiger partial charge in [0.25, 0.3) is 5.91 Å². The molecule has 3 rings (SSSR count). The van der Waals surface area contributed by atoms with E-state index in [0.717, 1.165) is 17.7 Å². The minimum Gasteiger partial charge on any atom is -0.425 e. The summed E-state index contributed by atoms with van der Waals surface area (Å²) in [6.07, 6.45) is 1.78. The molecule has 7 heteroatoms. The van der Waals surface area contributed by atoms with Crippen molar-refractivity contribution in [3.8, 4) is 11.8 Å². The van der Waals surface area contributed by atoms with Crippen molar-refractivity contribution < 1.29 is 19.1 Å². The zero-order valence-electron chi connectivity index (χ0n) is 12.5. The van der Waals surface area contributed by atoms with E-state index in [2.05, 4.69) is 5.32 Å². The highest BCUT2D eigenvalue weighted by Gasteiger charge is 2.56. The van der Waals surface area contributed by atoms with Crippen LogP contribution in [0.15, 0.2) is 24.3 Å². The molecular weight excluding hydrogens is 298 g/mol. The highest BCUT2D eigenvalue weighted by molar-refractivity contribution is 6.08. The number of benzene rings is 1. The van der Waals surface area contributed by atoms with E-state index in [4.69, 9.17) is 10.00 Å². The summed E-state index contributed by atoms with van der Waals surface area (Å²) in [5, 5.41) is 11.5. The summed E-state index contributed by atoms with van der Waals surface area (Å²) < 4.78 is 5.10. The summed E-state index contributed by atoms with van der Waals surface area (Å²) in [7, 11) is 0. The minimum absolute atomic E-state index is 0.132. The number of nitrogens with one attached hydrogen (secondary N) is 1. The SMILES string of the molecule is CC1(C2CC2)NC(=O)N(CC(=O)Oc2cccc(C#N)c2)C1=O. The Labute approximate surface area is 132 Å². The molecule has 0 spiro atoms. The van der Waals surface area contributed by atoms with E-state index in [1.807, 2.05) is 6.07 Å². The normalized spacial score (nSPS) is 23.4. The number of rotatable bonds is 4. The molecule has 1 aromatic carbocycles. The van der Waals surface area contributed by atoms with Gasteiger partial charge in [-0.25, -0.2) is 9.59 Å². The number of hydrogen-bond acceptors (Lipinski definition) is 5. The Bertz CT molecular complexity index is 735. The van der Waals surface area contributed by atoms with Gasteiger partial charge in [-0.2, -0.15) is 5.26 Å². The lowest BCUT2D eigenvalue weighted by Gasteiger charge is -2.20. The lowest BCUT2D eigenvalue weighted by atomic mass is 9.96. The Morgan fingerprint density at radius 2 is 2.22 bits per heavy atom. The van der Waals surface area contributed by atoms with Crippen LogP contribution in [0.25, 0.3) is 0 Å². The molecule has 3 amide bonds. The second kappa shape index (κ2) is 5.39. The van der Waals surface area contributed by atoms with Gasteiger partial charge < -0.3 is 10.1 Å². The van der Waals surface area contributed by atoms with Gasteiger partial charge in [-0.1, -0.05) is 6.07 Å².